The number of nitrogens with zero attached hydrogens (tertiary/aromatic N) is 2. The second kappa shape index (κ2) is 7.90. The van der Waals surface area contributed by atoms with Crippen molar-refractivity contribution in [2.24, 2.45) is 0 Å². The Morgan fingerprint density at radius 3 is 2.76 bits per heavy atom. The number of amides is 1. The van der Waals surface area contributed by atoms with Gasteiger partial charge in [-0.05, 0) is 61.0 Å². The molecule has 0 atom stereocenters. The maximum atomic E-state index is 12.6. The van der Waals surface area contributed by atoms with Crippen LogP contribution in [0.1, 0.15) is 21.5 Å². The molecule has 2 aromatic carbocycles. The van der Waals surface area contributed by atoms with Crippen LogP contribution >= 0.6 is 0 Å². The van der Waals surface area contributed by atoms with Gasteiger partial charge in [0.1, 0.15) is 30.6 Å². The fourth-order valence-corrected chi connectivity index (χ4v) is 2.89. The van der Waals surface area contributed by atoms with Crippen LogP contribution in [0.25, 0.3) is 0 Å². The lowest BCUT2D eigenvalue weighted by Gasteiger charge is -2.18. The number of carbonyl (C=O) groups is 1. The zero-order valence-corrected chi connectivity index (χ0v) is 15.6. The Balaban J connectivity index is 1.50. The van der Waals surface area contributed by atoms with E-state index in [1.54, 1.807) is 54.7 Å². The number of fused-ring (bicyclic) bond motifs is 1. The first kappa shape index (κ1) is 18.3. The molecule has 0 radical (unpaired) electrons. The number of nitriles is 1. The minimum absolute atomic E-state index is 0.238. The molecule has 7 nitrogen and oxygen atoms in total. The molecule has 144 valence electrons. The van der Waals surface area contributed by atoms with E-state index in [1.165, 1.54) is 0 Å². The maximum Gasteiger partial charge on any atom is 0.255 e. The summed E-state index contributed by atoms with van der Waals surface area (Å²) in [6, 6.07) is 15.7. The number of ether oxygens (including phenoxy) is 3. The normalized spacial score (nSPS) is 12.0. The summed E-state index contributed by atoms with van der Waals surface area (Å²) >= 11 is 0. The first-order valence-corrected chi connectivity index (χ1v) is 8.98. The summed E-state index contributed by atoms with van der Waals surface area (Å²) in [5.74, 6) is 1.71. The topological polar surface area (TPSA) is 93.5 Å². The molecular weight excluding hydrogens is 370 g/mol. The van der Waals surface area contributed by atoms with Crippen molar-refractivity contribution in [3.63, 3.8) is 0 Å². The molecule has 1 aromatic heterocycles. The lowest BCUT2D eigenvalue weighted by molar-refractivity contribution is 0.102. The van der Waals surface area contributed by atoms with Crippen molar-refractivity contribution in [3.05, 3.63) is 71.4 Å². The predicted molar refractivity (Wildman–Crippen MR) is 106 cm³/mol. The molecule has 0 saturated heterocycles. The van der Waals surface area contributed by atoms with Gasteiger partial charge in [-0.15, -0.1) is 0 Å². The highest BCUT2D eigenvalue weighted by molar-refractivity contribution is 6.05. The molecule has 7 heteroatoms. The van der Waals surface area contributed by atoms with E-state index in [4.69, 9.17) is 19.5 Å². The molecule has 0 aliphatic carbocycles. The van der Waals surface area contributed by atoms with Gasteiger partial charge in [-0.3, -0.25) is 4.79 Å². The summed E-state index contributed by atoms with van der Waals surface area (Å²) in [5, 5.41) is 12.0. The number of aryl methyl sites for hydroxylation is 1. The third-order valence-corrected chi connectivity index (χ3v) is 4.36. The van der Waals surface area contributed by atoms with Gasteiger partial charge in [-0.2, -0.15) is 5.26 Å². The zero-order chi connectivity index (χ0) is 20.2. The van der Waals surface area contributed by atoms with Gasteiger partial charge in [0.25, 0.3) is 5.91 Å². The highest BCUT2D eigenvalue weighted by Gasteiger charge is 2.16. The van der Waals surface area contributed by atoms with E-state index in [9.17, 15) is 4.79 Å². The van der Waals surface area contributed by atoms with Crippen LogP contribution in [-0.2, 0) is 0 Å². The summed E-state index contributed by atoms with van der Waals surface area (Å²) in [5.41, 5.74) is 2.28. The van der Waals surface area contributed by atoms with E-state index in [-0.39, 0.29) is 11.8 Å². The number of hydrogen-bond donors (Lipinski definition) is 1. The monoisotopic (exact) mass is 387 g/mol. The Morgan fingerprint density at radius 1 is 1.14 bits per heavy atom. The van der Waals surface area contributed by atoms with Crippen molar-refractivity contribution in [2.45, 2.75) is 6.92 Å². The second-order valence-corrected chi connectivity index (χ2v) is 6.36. The van der Waals surface area contributed by atoms with Crippen molar-refractivity contribution in [1.82, 2.24) is 4.98 Å². The lowest BCUT2D eigenvalue weighted by Crippen LogP contribution is -2.17. The van der Waals surface area contributed by atoms with Crippen LogP contribution in [-0.4, -0.2) is 24.1 Å². The van der Waals surface area contributed by atoms with E-state index >= 15 is 0 Å². The van der Waals surface area contributed by atoms with Gasteiger partial charge in [-0.1, -0.05) is 0 Å². The van der Waals surface area contributed by atoms with Crippen LogP contribution in [0.15, 0.2) is 54.7 Å². The van der Waals surface area contributed by atoms with Gasteiger partial charge >= 0.3 is 0 Å². The molecular formula is C22H17N3O4. The minimum atomic E-state index is -0.254. The van der Waals surface area contributed by atoms with Crippen LogP contribution in [0.2, 0.25) is 0 Å². The maximum absolute atomic E-state index is 12.6. The second-order valence-electron chi connectivity index (χ2n) is 6.36. The quantitative estimate of drug-likeness (QED) is 0.725. The van der Waals surface area contributed by atoms with Gasteiger partial charge < -0.3 is 19.5 Å². The molecule has 0 unspecified atom stereocenters. The summed E-state index contributed by atoms with van der Waals surface area (Å²) in [6.45, 7) is 2.82. The number of carbonyl (C=O) groups excluding carboxylic acids is 1. The summed E-state index contributed by atoms with van der Waals surface area (Å²) in [7, 11) is 0. The standard InChI is InChI=1S/C22H17N3O4/c1-14-11-17(29-22-16(13-23)3-2-8-24-22)5-6-18(14)25-21(26)15-4-7-19-20(12-15)28-10-9-27-19/h2-8,11-12H,9-10H2,1H3,(H,25,26). The Labute approximate surface area is 167 Å². The molecule has 0 bridgehead atoms. The number of pyridine rings is 1. The van der Waals surface area contributed by atoms with Crippen LogP contribution in [0.4, 0.5) is 5.69 Å². The van der Waals surface area contributed by atoms with Crippen LogP contribution < -0.4 is 19.5 Å². The van der Waals surface area contributed by atoms with Crippen LogP contribution in [0.3, 0.4) is 0 Å². The third-order valence-electron chi connectivity index (χ3n) is 4.36. The molecule has 1 aliphatic heterocycles. The molecule has 3 aromatic rings. The summed E-state index contributed by atoms with van der Waals surface area (Å²) in [6.07, 6.45) is 1.56. The SMILES string of the molecule is Cc1cc(Oc2ncccc2C#N)ccc1NC(=O)c1ccc2c(c1)OCCO2. The van der Waals surface area contributed by atoms with Gasteiger partial charge in [0.15, 0.2) is 11.5 Å². The zero-order valence-electron chi connectivity index (χ0n) is 15.6. The van der Waals surface area contributed by atoms with Gasteiger partial charge in [0.05, 0.1) is 0 Å². The molecule has 1 amide bonds. The molecule has 0 saturated carbocycles. The van der Waals surface area contributed by atoms with Crippen molar-refractivity contribution < 1.29 is 19.0 Å². The smallest absolute Gasteiger partial charge is 0.255 e. The summed E-state index contributed by atoms with van der Waals surface area (Å²) in [4.78, 5) is 16.7. The third kappa shape index (κ3) is 3.96. The number of benzene rings is 2. The fraction of sp³-hybridized carbons (Fsp3) is 0.136. The molecule has 29 heavy (non-hydrogen) atoms. The van der Waals surface area contributed by atoms with Crippen LogP contribution in [0, 0.1) is 18.3 Å². The molecule has 4 rings (SSSR count). The van der Waals surface area contributed by atoms with Gasteiger partial charge in [0.2, 0.25) is 5.88 Å². The van der Waals surface area contributed by atoms with Crippen molar-refractivity contribution in [2.75, 3.05) is 18.5 Å². The molecule has 0 fully saturated rings. The fourth-order valence-electron chi connectivity index (χ4n) is 2.89. The lowest BCUT2D eigenvalue weighted by atomic mass is 10.1. The first-order valence-electron chi connectivity index (χ1n) is 8.98. The number of rotatable bonds is 4. The number of aromatic nitrogens is 1. The van der Waals surface area contributed by atoms with Crippen molar-refractivity contribution in [3.8, 4) is 29.2 Å². The highest BCUT2D eigenvalue weighted by atomic mass is 16.6. The largest absolute Gasteiger partial charge is 0.486 e. The molecule has 1 N–H and O–H groups in total. The van der Waals surface area contributed by atoms with E-state index < -0.39 is 0 Å². The Hall–Kier alpha value is -4.05. The average Bonchev–Trinajstić information content (AvgIpc) is 2.75. The van der Waals surface area contributed by atoms with E-state index in [1.807, 2.05) is 13.0 Å². The minimum Gasteiger partial charge on any atom is -0.486 e. The average molecular weight is 387 g/mol. The first-order chi connectivity index (χ1) is 14.1. The molecule has 2 heterocycles. The highest BCUT2D eigenvalue weighted by Crippen LogP contribution is 2.31. The van der Waals surface area contributed by atoms with E-state index in [0.29, 0.717) is 47.3 Å². The Kier molecular flexibility index (Phi) is 4.99. The Bertz CT molecular complexity index is 1120. The van der Waals surface area contributed by atoms with Crippen molar-refractivity contribution in [1.29, 1.82) is 5.26 Å². The number of nitrogens with one attached hydrogen (secondary N) is 1. The van der Waals surface area contributed by atoms with Crippen molar-refractivity contribution >= 4 is 11.6 Å². The van der Waals surface area contributed by atoms with Gasteiger partial charge in [-0.25, -0.2) is 4.98 Å². The summed E-state index contributed by atoms with van der Waals surface area (Å²) < 4.78 is 16.7. The number of anilines is 1. The number of hydrogen-bond acceptors (Lipinski definition) is 6. The van der Waals surface area contributed by atoms with Crippen LogP contribution in [0.5, 0.6) is 23.1 Å². The molecule has 0 spiro atoms. The molecule has 1 aliphatic rings. The van der Waals surface area contributed by atoms with E-state index in [0.717, 1.165) is 5.56 Å². The Morgan fingerprint density at radius 2 is 1.97 bits per heavy atom. The van der Waals surface area contributed by atoms with E-state index in [2.05, 4.69) is 10.3 Å². The van der Waals surface area contributed by atoms with Gasteiger partial charge in [0, 0.05) is 17.4 Å². The predicted octanol–water partition coefficient (Wildman–Crippen LogP) is 4.08.